The molecule has 1 aromatic carbocycles. The van der Waals surface area contributed by atoms with Gasteiger partial charge in [0.25, 0.3) is 0 Å². The number of hydrogen-bond acceptors (Lipinski definition) is 5. The standard InChI is InChI=1S/C15H17N5/c1-11-4-5-13(12(2)6-11)8-20(3)15-7-14(17-9-16)18-10-19-15/h4-7,10H,8H2,1-3H3,(H,17,18,19). The predicted octanol–water partition coefficient (Wildman–Crippen LogP) is 2.62. The van der Waals surface area contributed by atoms with E-state index < -0.39 is 0 Å². The topological polar surface area (TPSA) is 64.8 Å². The minimum atomic E-state index is 0.505. The zero-order valence-corrected chi connectivity index (χ0v) is 11.9. The Kier molecular flexibility index (Phi) is 4.16. The second-order valence-electron chi connectivity index (χ2n) is 4.78. The number of nitriles is 1. The van der Waals surface area contributed by atoms with Crippen LogP contribution in [0.25, 0.3) is 0 Å². The molecule has 0 aliphatic rings. The summed E-state index contributed by atoms with van der Waals surface area (Å²) < 4.78 is 0. The Hall–Kier alpha value is -2.61. The van der Waals surface area contributed by atoms with Crippen LogP contribution < -0.4 is 10.2 Å². The average Bonchev–Trinajstić information content (AvgIpc) is 2.42. The molecule has 0 spiro atoms. The summed E-state index contributed by atoms with van der Waals surface area (Å²) >= 11 is 0. The lowest BCUT2D eigenvalue weighted by atomic mass is 10.1. The summed E-state index contributed by atoms with van der Waals surface area (Å²) in [5, 5.41) is 11.1. The Morgan fingerprint density at radius 2 is 2.05 bits per heavy atom. The molecular weight excluding hydrogens is 250 g/mol. The Labute approximate surface area is 118 Å². The lowest BCUT2D eigenvalue weighted by Crippen LogP contribution is -2.18. The molecule has 0 radical (unpaired) electrons. The summed E-state index contributed by atoms with van der Waals surface area (Å²) in [7, 11) is 1.97. The summed E-state index contributed by atoms with van der Waals surface area (Å²) in [4.78, 5) is 10.2. The highest BCUT2D eigenvalue weighted by Gasteiger charge is 2.07. The quantitative estimate of drug-likeness (QED) is 0.681. The van der Waals surface area contributed by atoms with E-state index in [1.54, 1.807) is 6.07 Å². The fourth-order valence-electron chi connectivity index (χ4n) is 2.04. The lowest BCUT2D eigenvalue weighted by Gasteiger charge is -2.19. The fourth-order valence-corrected chi connectivity index (χ4v) is 2.04. The number of benzene rings is 1. The van der Waals surface area contributed by atoms with Crippen LogP contribution in [0.1, 0.15) is 16.7 Å². The molecule has 102 valence electrons. The third-order valence-corrected chi connectivity index (χ3v) is 3.13. The van der Waals surface area contributed by atoms with E-state index in [0.29, 0.717) is 5.82 Å². The number of rotatable bonds is 4. The van der Waals surface area contributed by atoms with Gasteiger partial charge < -0.3 is 4.90 Å². The Bertz CT molecular complexity index is 645. The van der Waals surface area contributed by atoms with Crippen molar-refractivity contribution < 1.29 is 0 Å². The second kappa shape index (κ2) is 6.02. The van der Waals surface area contributed by atoms with Crippen LogP contribution in [-0.2, 0) is 6.54 Å². The molecule has 0 fully saturated rings. The van der Waals surface area contributed by atoms with E-state index in [-0.39, 0.29) is 0 Å². The molecule has 20 heavy (non-hydrogen) atoms. The zero-order valence-electron chi connectivity index (χ0n) is 11.9. The first kappa shape index (κ1) is 13.8. The van der Waals surface area contributed by atoms with Crippen LogP contribution >= 0.6 is 0 Å². The normalized spacial score (nSPS) is 9.90. The van der Waals surface area contributed by atoms with Crippen molar-refractivity contribution in [3.8, 4) is 6.19 Å². The van der Waals surface area contributed by atoms with Crippen molar-refractivity contribution in [2.45, 2.75) is 20.4 Å². The van der Waals surface area contributed by atoms with Crippen molar-refractivity contribution in [3.05, 3.63) is 47.3 Å². The van der Waals surface area contributed by atoms with Gasteiger partial charge in [-0.3, -0.25) is 5.32 Å². The van der Waals surface area contributed by atoms with Gasteiger partial charge in [0, 0.05) is 19.7 Å². The second-order valence-corrected chi connectivity index (χ2v) is 4.78. The molecule has 0 aliphatic heterocycles. The summed E-state index contributed by atoms with van der Waals surface area (Å²) in [6.45, 7) is 4.96. The van der Waals surface area contributed by atoms with Gasteiger partial charge in [-0.15, -0.1) is 0 Å². The van der Waals surface area contributed by atoms with E-state index in [4.69, 9.17) is 5.26 Å². The van der Waals surface area contributed by atoms with Gasteiger partial charge in [-0.1, -0.05) is 23.8 Å². The number of aryl methyl sites for hydroxylation is 2. The minimum absolute atomic E-state index is 0.505. The van der Waals surface area contributed by atoms with Gasteiger partial charge in [0.2, 0.25) is 0 Å². The average molecular weight is 267 g/mol. The molecule has 0 saturated heterocycles. The smallest absolute Gasteiger partial charge is 0.182 e. The maximum atomic E-state index is 8.61. The maximum absolute atomic E-state index is 8.61. The maximum Gasteiger partial charge on any atom is 0.182 e. The van der Waals surface area contributed by atoms with Crippen molar-refractivity contribution >= 4 is 11.6 Å². The Balaban J connectivity index is 2.17. The molecule has 1 aromatic heterocycles. The van der Waals surface area contributed by atoms with Crippen LogP contribution in [0.5, 0.6) is 0 Å². The van der Waals surface area contributed by atoms with Gasteiger partial charge in [0.05, 0.1) is 0 Å². The SMILES string of the molecule is Cc1ccc(CN(C)c2cc(NC#N)ncn2)c(C)c1. The van der Waals surface area contributed by atoms with Crippen molar-refractivity contribution in [2.75, 3.05) is 17.3 Å². The van der Waals surface area contributed by atoms with E-state index in [1.165, 1.54) is 23.0 Å². The van der Waals surface area contributed by atoms with Crippen LogP contribution in [0, 0.1) is 25.3 Å². The fraction of sp³-hybridized carbons (Fsp3) is 0.267. The van der Waals surface area contributed by atoms with Gasteiger partial charge >= 0.3 is 0 Å². The van der Waals surface area contributed by atoms with Gasteiger partial charge in [0.1, 0.15) is 18.0 Å². The molecule has 5 heteroatoms. The molecular formula is C15H17N5. The van der Waals surface area contributed by atoms with E-state index in [9.17, 15) is 0 Å². The van der Waals surface area contributed by atoms with Crippen molar-refractivity contribution in [1.82, 2.24) is 9.97 Å². The van der Waals surface area contributed by atoms with Gasteiger partial charge in [-0.2, -0.15) is 5.26 Å². The summed E-state index contributed by atoms with van der Waals surface area (Å²) in [5.74, 6) is 1.28. The highest BCUT2D eigenvalue weighted by Crippen LogP contribution is 2.17. The molecule has 0 bridgehead atoms. The molecule has 0 unspecified atom stereocenters. The van der Waals surface area contributed by atoms with Crippen LogP contribution in [0.4, 0.5) is 11.6 Å². The molecule has 1 N–H and O–H groups in total. The minimum Gasteiger partial charge on any atom is -0.355 e. The first-order valence-electron chi connectivity index (χ1n) is 6.34. The van der Waals surface area contributed by atoms with E-state index in [0.717, 1.165) is 12.4 Å². The highest BCUT2D eigenvalue weighted by molar-refractivity contribution is 5.50. The number of nitrogens with one attached hydrogen (secondary N) is 1. The number of hydrogen-bond donors (Lipinski definition) is 1. The molecule has 0 atom stereocenters. The summed E-state index contributed by atoms with van der Waals surface area (Å²) in [5.41, 5.74) is 3.78. The van der Waals surface area contributed by atoms with Crippen LogP contribution in [-0.4, -0.2) is 17.0 Å². The first-order chi connectivity index (χ1) is 9.60. The molecule has 2 rings (SSSR count). The third-order valence-electron chi connectivity index (χ3n) is 3.13. The number of nitrogens with zero attached hydrogens (tertiary/aromatic N) is 4. The van der Waals surface area contributed by atoms with Crippen LogP contribution in [0.3, 0.4) is 0 Å². The first-order valence-corrected chi connectivity index (χ1v) is 6.34. The predicted molar refractivity (Wildman–Crippen MR) is 79.3 cm³/mol. The lowest BCUT2D eigenvalue weighted by molar-refractivity contribution is 0.884. The van der Waals surface area contributed by atoms with Gasteiger partial charge in [0.15, 0.2) is 6.19 Å². The Morgan fingerprint density at radius 3 is 2.75 bits per heavy atom. The van der Waals surface area contributed by atoms with Crippen LogP contribution in [0.15, 0.2) is 30.6 Å². The number of aromatic nitrogens is 2. The van der Waals surface area contributed by atoms with Gasteiger partial charge in [-0.05, 0) is 25.0 Å². The van der Waals surface area contributed by atoms with Crippen molar-refractivity contribution in [2.24, 2.45) is 0 Å². The summed E-state index contributed by atoms with van der Waals surface area (Å²) in [6.07, 6.45) is 3.31. The van der Waals surface area contributed by atoms with Crippen molar-refractivity contribution in [3.63, 3.8) is 0 Å². The molecule has 0 aliphatic carbocycles. The number of anilines is 2. The Morgan fingerprint density at radius 1 is 1.25 bits per heavy atom. The van der Waals surface area contributed by atoms with Gasteiger partial charge in [-0.25, -0.2) is 9.97 Å². The highest BCUT2D eigenvalue weighted by atomic mass is 15.2. The van der Waals surface area contributed by atoms with E-state index >= 15 is 0 Å². The largest absolute Gasteiger partial charge is 0.355 e. The van der Waals surface area contributed by atoms with Crippen molar-refractivity contribution in [1.29, 1.82) is 5.26 Å². The molecule has 2 aromatic rings. The monoisotopic (exact) mass is 267 g/mol. The molecule has 5 nitrogen and oxygen atoms in total. The molecule has 0 amide bonds. The van der Waals surface area contributed by atoms with Crippen LogP contribution in [0.2, 0.25) is 0 Å². The zero-order chi connectivity index (χ0) is 14.5. The third kappa shape index (κ3) is 3.23. The summed E-state index contributed by atoms with van der Waals surface area (Å²) in [6, 6.07) is 8.17. The molecule has 1 heterocycles. The van der Waals surface area contributed by atoms with E-state index in [2.05, 4.69) is 47.3 Å². The molecule has 0 saturated carbocycles. The van der Waals surface area contributed by atoms with E-state index in [1.807, 2.05) is 18.1 Å².